The largest absolute Gasteiger partial charge is 0.497 e. The molecule has 1 aromatic carbocycles. The summed E-state index contributed by atoms with van der Waals surface area (Å²) in [4.78, 5) is 11.1. The topological polar surface area (TPSA) is 90.1 Å². The van der Waals surface area contributed by atoms with Crippen LogP contribution in [0, 0.1) is 0 Å². The fourth-order valence-corrected chi connectivity index (χ4v) is 1.86. The van der Waals surface area contributed by atoms with Gasteiger partial charge in [-0.3, -0.25) is 4.79 Å². The van der Waals surface area contributed by atoms with Crippen LogP contribution in [-0.4, -0.2) is 22.6 Å². The lowest BCUT2D eigenvalue weighted by molar-refractivity contribution is 0.0996. The molecular formula is C10H10N4O2S. The minimum absolute atomic E-state index is 0.137. The highest BCUT2D eigenvalue weighted by atomic mass is 32.1. The number of carbonyl (C=O) groups excluding carboxylic acids is 1. The minimum atomic E-state index is -0.607. The lowest BCUT2D eigenvalue weighted by Crippen LogP contribution is -2.13. The Morgan fingerprint density at radius 3 is 3.06 bits per heavy atom. The van der Waals surface area contributed by atoms with Gasteiger partial charge in [0.05, 0.1) is 7.11 Å². The second kappa shape index (κ2) is 4.79. The Hall–Kier alpha value is -2.15. The van der Waals surface area contributed by atoms with E-state index < -0.39 is 5.91 Å². The van der Waals surface area contributed by atoms with E-state index >= 15 is 0 Å². The Kier molecular flexibility index (Phi) is 3.20. The van der Waals surface area contributed by atoms with Crippen molar-refractivity contribution in [2.45, 2.75) is 0 Å². The van der Waals surface area contributed by atoms with Gasteiger partial charge in [0.15, 0.2) is 5.69 Å². The third-order valence-electron chi connectivity index (χ3n) is 2.05. The molecule has 88 valence electrons. The molecule has 0 bridgehead atoms. The number of nitrogens with one attached hydrogen (secondary N) is 1. The maximum Gasteiger partial charge on any atom is 0.272 e. The number of anilines is 2. The summed E-state index contributed by atoms with van der Waals surface area (Å²) in [6.07, 6.45) is 0. The molecule has 0 atom stereocenters. The first-order valence-corrected chi connectivity index (χ1v) is 5.51. The van der Waals surface area contributed by atoms with E-state index in [0.29, 0.717) is 10.8 Å². The number of benzene rings is 1. The fourth-order valence-electron chi connectivity index (χ4n) is 1.27. The van der Waals surface area contributed by atoms with Crippen molar-refractivity contribution in [2.75, 3.05) is 12.4 Å². The van der Waals surface area contributed by atoms with Crippen LogP contribution in [0.25, 0.3) is 0 Å². The summed E-state index contributed by atoms with van der Waals surface area (Å²) in [7, 11) is 1.59. The predicted octanol–water partition coefficient (Wildman–Crippen LogP) is 1.39. The first kappa shape index (κ1) is 11.3. The maximum atomic E-state index is 11.1. The molecule has 0 spiro atoms. The van der Waals surface area contributed by atoms with E-state index in [2.05, 4.69) is 14.9 Å². The molecular weight excluding hydrogens is 240 g/mol. The van der Waals surface area contributed by atoms with Crippen molar-refractivity contribution in [1.29, 1.82) is 0 Å². The number of primary amides is 1. The SMILES string of the molecule is COc1cccc(Nc2snnc2C(N)=O)c1. The van der Waals surface area contributed by atoms with Gasteiger partial charge in [0.2, 0.25) is 0 Å². The lowest BCUT2D eigenvalue weighted by Gasteiger charge is -2.05. The van der Waals surface area contributed by atoms with Gasteiger partial charge < -0.3 is 15.8 Å². The van der Waals surface area contributed by atoms with Crippen molar-refractivity contribution in [1.82, 2.24) is 9.59 Å². The first-order valence-electron chi connectivity index (χ1n) is 4.74. The van der Waals surface area contributed by atoms with Crippen LogP contribution < -0.4 is 15.8 Å². The second-order valence-corrected chi connectivity index (χ2v) is 3.93. The summed E-state index contributed by atoms with van der Waals surface area (Å²) < 4.78 is 8.77. The number of ether oxygens (including phenoxy) is 1. The number of nitrogens with zero attached hydrogens (tertiary/aromatic N) is 2. The number of carbonyl (C=O) groups is 1. The normalized spacial score (nSPS) is 9.94. The zero-order chi connectivity index (χ0) is 12.3. The highest BCUT2D eigenvalue weighted by Gasteiger charge is 2.13. The molecule has 1 amide bonds. The van der Waals surface area contributed by atoms with Crippen molar-refractivity contribution in [3.05, 3.63) is 30.0 Å². The van der Waals surface area contributed by atoms with E-state index in [4.69, 9.17) is 10.5 Å². The van der Waals surface area contributed by atoms with E-state index in [1.807, 2.05) is 18.2 Å². The van der Waals surface area contributed by atoms with Crippen molar-refractivity contribution >= 4 is 28.1 Å². The Morgan fingerprint density at radius 2 is 2.35 bits per heavy atom. The number of nitrogens with two attached hydrogens (primary N) is 1. The quantitative estimate of drug-likeness (QED) is 0.855. The number of methoxy groups -OCH3 is 1. The molecule has 1 heterocycles. The highest BCUT2D eigenvalue weighted by Crippen LogP contribution is 2.25. The van der Waals surface area contributed by atoms with Gasteiger partial charge in [-0.05, 0) is 12.1 Å². The van der Waals surface area contributed by atoms with Gasteiger partial charge in [-0.25, -0.2) is 0 Å². The average molecular weight is 250 g/mol. The molecule has 0 aliphatic heterocycles. The van der Waals surface area contributed by atoms with Gasteiger partial charge in [-0.1, -0.05) is 10.6 Å². The molecule has 0 fully saturated rings. The number of hydrogen-bond donors (Lipinski definition) is 2. The first-order chi connectivity index (χ1) is 8.20. The number of hydrogen-bond acceptors (Lipinski definition) is 6. The zero-order valence-electron chi connectivity index (χ0n) is 9.01. The van der Waals surface area contributed by atoms with E-state index in [1.165, 1.54) is 0 Å². The third kappa shape index (κ3) is 2.51. The predicted molar refractivity (Wildman–Crippen MR) is 64.7 cm³/mol. The molecule has 0 unspecified atom stereocenters. The molecule has 0 aliphatic rings. The Bertz CT molecular complexity index is 541. The standard InChI is InChI=1S/C10H10N4O2S/c1-16-7-4-2-3-6(5-7)12-10-8(9(11)15)13-14-17-10/h2-5,12H,1H3,(H2,11,15). The van der Waals surface area contributed by atoms with Gasteiger partial charge in [0.1, 0.15) is 10.8 Å². The fraction of sp³-hybridized carbons (Fsp3) is 0.100. The molecule has 17 heavy (non-hydrogen) atoms. The van der Waals surface area contributed by atoms with Crippen LogP contribution in [0.1, 0.15) is 10.5 Å². The smallest absolute Gasteiger partial charge is 0.272 e. The van der Waals surface area contributed by atoms with E-state index in [1.54, 1.807) is 13.2 Å². The Morgan fingerprint density at radius 1 is 1.53 bits per heavy atom. The van der Waals surface area contributed by atoms with Gasteiger partial charge in [0.25, 0.3) is 5.91 Å². The summed E-state index contributed by atoms with van der Waals surface area (Å²) in [5, 5.41) is 7.20. The van der Waals surface area contributed by atoms with Crippen LogP contribution in [0.2, 0.25) is 0 Å². The molecule has 0 saturated carbocycles. The number of aromatic nitrogens is 2. The van der Waals surface area contributed by atoms with Crippen molar-refractivity contribution in [2.24, 2.45) is 5.73 Å². The highest BCUT2D eigenvalue weighted by molar-refractivity contribution is 7.10. The monoisotopic (exact) mass is 250 g/mol. The Balaban J connectivity index is 2.25. The molecule has 1 aromatic heterocycles. The molecule has 0 aliphatic carbocycles. The molecule has 2 aromatic rings. The summed E-state index contributed by atoms with van der Waals surface area (Å²) in [5.74, 6) is 0.109. The number of amides is 1. The van der Waals surface area contributed by atoms with Crippen LogP contribution in [0.3, 0.4) is 0 Å². The van der Waals surface area contributed by atoms with Crippen molar-refractivity contribution in [3.63, 3.8) is 0 Å². The van der Waals surface area contributed by atoms with Crippen molar-refractivity contribution in [3.8, 4) is 5.75 Å². The average Bonchev–Trinajstić information content (AvgIpc) is 2.77. The lowest BCUT2D eigenvalue weighted by atomic mass is 10.3. The third-order valence-corrected chi connectivity index (χ3v) is 2.69. The van der Waals surface area contributed by atoms with Crippen LogP contribution >= 0.6 is 11.5 Å². The Labute approximate surface area is 102 Å². The van der Waals surface area contributed by atoms with Crippen LogP contribution in [-0.2, 0) is 0 Å². The van der Waals surface area contributed by atoms with Gasteiger partial charge >= 0.3 is 0 Å². The summed E-state index contributed by atoms with van der Waals surface area (Å²) >= 11 is 1.07. The van der Waals surface area contributed by atoms with Crippen LogP contribution in [0.5, 0.6) is 5.75 Å². The van der Waals surface area contributed by atoms with E-state index in [0.717, 1.165) is 17.2 Å². The molecule has 0 saturated heterocycles. The molecule has 3 N–H and O–H groups in total. The van der Waals surface area contributed by atoms with E-state index in [9.17, 15) is 4.79 Å². The number of rotatable bonds is 4. The van der Waals surface area contributed by atoms with Crippen molar-refractivity contribution < 1.29 is 9.53 Å². The molecule has 2 rings (SSSR count). The van der Waals surface area contributed by atoms with E-state index in [-0.39, 0.29) is 5.69 Å². The van der Waals surface area contributed by atoms with Gasteiger partial charge in [-0.2, -0.15) is 0 Å². The minimum Gasteiger partial charge on any atom is -0.497 e. The van der Waals surface area contributed by atoms with Crippen LogP contribution in [0.4, 0.5) is 10.7 Å². The van der Waals surface area contributed by atoms with Gasteiger partial charge in [0, 0.05) is 23.3 Å². The van der Waals surface area contributed by atoms with Crippen LogP contribution in [0.15, 0.2) is 24.3 Å². The zero-order valence-corrected chi connectivity index (χ0v) is 9.82. The summed E-state index contributed by atoms with van der Waals surface area (Å²) in [6, 6.07) is 7.29. The summed E-state index contributed by atoms with van der Waals surface area (Å²) in [5.41, 5.74) is 6.08. The molecule has 6 nitrogen and oxygen atoms in total. The summed E-state index contributed by atoms with van der Waals surface area (Å²) in [6.45, 7) is 0. The maximum absolute atomic E-state index is 11.1. The van der Waals surface area contributed by atoms with Gasteiger partial charge in [-0.15, -0.1) is 5.10 Å². The molecule has 0 radical (unpaired) electrons. The second-order valence-electron chi connectivity index (χ2n) is 3.17. The molecule has 7 heteroatoms.